The first-order valence-corrected chi connectivity index (χ1v) is 5.47. The Bertz CT molecular complexity index is 181. The number of halogens is 1. The monoisotopic (exact) mass is 259 g/mol. The van der Waals surface area contributed by atoms with Gasteiger partial charge in [0, 0.05) is 0 Å². The molecule has 1 heteroatoms. The van der Waals surface area contributed by atoms with Crippen LogP contribution in [0.1, 0.15) is 18.4 Å². The van der Waals surface area contributed by atoms with E-state index in [1.54, 1.807) is 0 Å². The van der Waals surface area contributed by atoms with E-state index >= 15 is 0 Å². The molecule has 0 saturated heterocycles. The molecule has 0 aromatic heterocycles. The molecule has 0 unspecified atom stereocenters. The molecule has 0 aliphatic carbocycles. The van der Waals surface area contributed by atoms with Crippen LogP contribution in [0.3, 0.4) is 0 Å². The van der Waals surface area contributed by atoms with E-state index in [-0.39, 0.29) is 0 Å². The number of benzene rings is 1. The molecule has 1 aromatic carbocycles. The molecule has 0 aliphatic rings. The van der Waals surface area contributed by atoms with E-state index in [0.29, 0.717) is 0 Å². The number of hydrogen-bond donors (Lipinski definition) is 0. The zero-order chi connectivity index (χ0) is 7.94. The van der Waals surface area contributed by atoms with E-state index in [1.165, 1.54) is 29.3 Å². The van der Waals surface area contributed by atoms with E-state index in [0.717, 1.165) is 0 Å². The van der Waals surface area contributed by atoms with Gasteiger partial charge in [0.05, 0.1) is 0 Å². The maximum absolute atomic E-state index is 3.22. The van der Waals surface area contributed by atoms with Crippen molar-refractivity contribution >= 4 is 22.6 Å². The fourth-order valence-corrected chi connectivity index (χ4v) is 1.54. The Morgan fingerprint density at radius 3 is 2.82 bits per heavy atom. The summed E-state index contributed by atoms with van der Waals surface area (Å²) in [6, 6.07) is 11.5. The van der Waals surface area contributed by atoms with Gasteiger partial charge in [0.1, 0.15) is 0 Å². The Morgan fingerprint density at radius 1 is 1.27 bits per heavy atom. The van der Waals surface area contributed by atoms with Gasteiger partial charge in [-0.1, -0.05) is 46.9 Å². The smallest absolute Gasteiger partial charge is 0.000461 e. The zero-order valence-electron chi connectivity index (χ0n) is 6.52. The summed E-state index contributed by atoms with van der Waals surface area (Å²) in [7, 11) is 0. The Labute approximate surface area is 82.2 Å². The van der Waals surface area contributed by atoms with Gasteiger partial charge in [-0.25, -0.2) is 0 Å². The first-order valence-electron chi connectivity index (χ1n) is 3.95. The van der Waals surface area contributed by atoms with Crippen molar-refractivity contribution in [1.29, 1.82) is 0 Å². The van der Waals surface area contributed by atoms with Crippen LogP contribution in [-0.2, 0) is 6.42 Å². The lowest BCUT2D eigenvalue weighted by Gasteiger charge is -1.97. The van der Waals surface area contributed by atoms with Crippen molar-refractivity contribution in [3.63, 3.8) is 0 Å². The maximum atomic E-state index is 3.22. The molecular formula is C10H12I. The molecule has 0 atom stereocenters. The lowest BCUT2D eigenvalue weighted by molar-refractivity contribution is 0.809. The molecule has 0 bridgehead atoms. The largest absolute Gasteiger partial charge is 0.0864 e. The van der Waals surface area contributed by atoms with Crippen molar-refractivity contribution in [2.45, 2.75) is 19.3 Å². The van der Waals surface area contributed by atoms with E-state index < -0.39 is 0 Å². The molecule has 11 heavy (non-hydrogen) atoms. The van der Waals surface area contributed by atoms with Gasteiger partial charge in [-0.2, -0.15) is 0 Å². The quantitative estimate of drug-likeness (QED) is 0.442. The Morgan fingerprint density at radius 2 is 2.18 bits per heavy atom. The van der Waals surface area contributed by atoms with Crippen LogP contribution in [0.2, 0.25) is 0 Å². The van der Waals surface area contributed by atoms with Gasteiger partial charge < -0.3 is 0 Å². The minimum Gasteiger partial charge on any atom is -0.0864 e. The number of rotatable bonds is 4. The third-order valence-electron chi connectivity index (χ3n) is 1.60. The van der Waals surface area contributed by atoms with Gasteiger partial charge in [0.2, 0.25) is 0 Å². The molecule has 0 N–H and O–H groups in total. The van der Waals surface area contributed by atoms with Gasteiger partial charge in [-0.3, -0.25) is 0 Å². The predicted octanol–water partition coefficient (Wildman–Crippen LogP) is 3.24. The van der Waals surface area contributed by atoms with Crippen LogP contribution in [0.5, 0.6) is 0 Å². The second kappa shape index (κ2) is 5.58. The van der Waals surface area contributed by atoms with Crippen molar-refractivity contribution in [3.8, 4) is 0 Å². The van der Waals surface area contributed by atoms with Gasteiger partial charge in [-0.05, 0) is 35.3 Å². The molecule has 0 aliphatic heterocycles. The standard InChI is InChI=1S/C10H12I/c11-9-5-4-8-10-6-2-1-3-7-10/h1-3,6H,4-5,8-9H2. The molecular weight excluding hydrogens is 247 g/mol. The summed E-state index contributed by atoms with van der Waals surface area (Å²) >= 11 is 2.42. The highest BCUT2D eigenvalue weighted by Gasteiger charge is 1.90. The number of hydrogen-bond acceptors (Lipinski definition) is 0. The predicted molar refractivity (Wildman–Crippen MR) is 57.1 cm³/mol. The van der Waals surface area contributed by atoms with Gasteiger partial charge in [0.25, 0.3) is 0 Å². The van der Waals surface area contributed by atoms with E-state index in [2.05, 4.69) is 40.8 Å². The maximum Gasteiger partial charge on any atom is -0.000461 e. The Kier molecular flexibility index (Phi) is 4.59. The fourth-order valence-electron chi connectivity index (χ4n) is 0.996. The summed E-state index contributed by atoms with van der Waals surface area (Å²) in [6.07, 6.45) is 3.80. The molecule has 1 aromatic rings. The lowest BCUT2D eigenvalue weighted by atomic mass is 10.1. The third-order valence-corrected chi connectivity index (χ3v) is 2.37. The minimum atomic E-state index is 1.18. The van der Waals surface area contributed by atoms with E-state index in [4.69, 9.17) is 0 Å². The highest BCUT2D eigenvalue weighted by Crippen LogP contribution is 2.04. The van der Waals surface area contributed by atoms with Gasteiger partial charge in [-0.15, -0.1) is 0 Å². The molecule has 0 saturated carbocycles. The van der Waals surface area contributed by atoms with Gasteiger partial charge in [0.15, 0.2) is 0 Å². The van der Waals surface area contributed by atoms with E-state index in [9.17, 15) is 0 Å². The summed E-state index contributed by atoms with van der Waals surface area (Å²) in [5, 5.41) is 0. The molecule has 59 valence electrons. The van der Waals surface area contributed by atoms with Crippen LogP contribution in [0.4, 0.5) is 0 Å². The average molecular weight is 259 g/mol. The third kappa shape index (κ3) is 3.75. The Balaban J connectivity index is 2.28. The molecule has 0 heterocycles. The lowest BCUT2D eigenvalue weighted by Crippen LogP contribution is -1.84. The van der Waals surface area contributed by atoms with Crippen LogP contribution in [0.15, 0.2) is 24.3 Å². The highest BCUT2D eigenvalue weighted by molar-refractivity contribution is 14.1. The zero-order valence-corrected chi connectivity index (χ0v) is 8.67. The SMILES string of the molecule is ICCCCc1[c]cccc1. The summed E-state index contributed by atoms with van der Waals surface area (Å²) in [4.78, 5) is 0. The summed E-state index contributed by atoms with van der Waals surface area (Å²) in [5.41, 5.74) is 1.34. The van der Waals surface area contributed by atoms with Crippen LogP contribution < -0.4 is 0 Å². The molecule has 0 fully saturated rings. The molecule has 1 rings (SSSR count). The highest BCUT2D eigenvalue weighted by atomic mass is 127. The van der Waals surface area contributed by atoms with E-state index in [1.807, 2.05) is 12.1 Å². The van der Waals surface area contributed by atoms with Crippen molar-refractivity contribution in [2.24, 2.45) is 0 Å². The van der Waals surface area contributed by atoms with Crippen LogP contribution in [-0.4, -0.2) is 4.43 Å². The summed E-state index contributed by atoms with van der Waals surface area (Å²) in [6.45, 7) is 0. The average Bonchev–Trinajstić information content (AvgIpc) is 2.07. The van der Waals surface area contributed by atoms with Crippen LogP contribution in [0.25, 0.3) is 0 Å². The second-order valence-electron chi connectivity index (χ2n) is 2.53. The van der Waals surface area contributed by atoms with Crippen molar-refractivity contribution < 1.29 is 0 Å². The molecule has 0 nitrogen and oxygen atoms in total. The summed E-state index contributed by atoms with van der Waals surface area (Å²) in [5.74, 6) is 0. The van der Waals surface area contributed by atoms with Crippen LogP contribution in [0, 0.1) is 6.07 Å². The minimum absolute atomic E-state index is 1.18. The number of unbranched alkanes of at least 4 members (excludes halogenated alkanes) is 1. The summed E-state index contributed by atoms with van der Waals surface area (Å²) < 4.78 is 1.27. The molecule has 0 amide bonds. The first kappa shape index (κ1) is 9.04. The van der Waals surface area contributed by atoms with Crippen molar-refractivity contribution in [1.82, 2.24) is 0 Å². The van der Waals surface area contributed by atoms with Gasteiger partial charge >= 0.3 is 0 Å². The Hall–Kier alpha value is -0.0500. The normalized spacial score (nSPS) is 9.91. The molecule has 1 radical (unpaired) electrons. The first-order chi connectivity index (χ1) is 5.43. The topological polar surface area (TPSA) is 0 Å². The number of aryl methyl sites for hydroxylation is 1. The number of alkyl halides is 1. The van der Waals surface area contributed by atoms with Crippen molar-refractivity contribution in [2.75, 3.05) is 4.43 Å². The fraction of sp³-hybridized carbons (Fsp3) is 0.400. The van der Waals surface area contributed by atoms with Crippen molar-refractivity contribution in [3.05, 3.63) is 35.9 Å². The molecule has 0 spiro atoms. The van der Waals surface area contributed by atoms with Crippen LogP contribution >= 0.6 is 22.6 Å². The second-order valence-corrected chi connectivity index (χ2v) is 3.61.